The molecule has 2 amide bonds. The largest absolute Gasteiger partial charge is 0.463 e. The zero-order valence-electron chi connectivity index (χ0n) is 20.6. The summed E-state index contributed by atoms with van der Waals surface area (Å²) in [5, 5.41) is 3.40. The summed E-state index contributed by atoms with van der Waals surface area (Å²) >= 11 is 6.43. The predicted molar refractivity (Wildman–Crippen MR) is 136 cm³/mol. The first-order valence-corrected chi connectivity index (χ1v) is 12.0. The predicted octanol–water partition coefficient (Wildman–Crippen LogP) is 3.98. The van der Waals surface area contributed by atoms with Crippen molar-refractivity contribution in [2.45, 2.75) is 32.7 Å². The zero-order valence-corrected chi connectivity index (χ0v) is 21.4. The molecule has 0 spiro atoms. The number of carbonyl (C=O) groups is 3. The number of ether oxygens (including phenoxy) is 1. The first kappa shape index (κ1) is 26.4. The number of hydrogen-bond donors (Lipinski definition) is 1. The molecule has 3 rings (SSSR count). The van der Waals surface area contributed by atoms with E-state index < -0.39 is 11.9 Å². The van der Waals surface area contributed by atoms with Gasteiger partial charge in [-0.1, -0.05) is 41.9 Å². The number of rotatable bonds is 9. The molecule has 7 nitrogen and oxygen atoms in total. The van der Waals surface area contributed by atoms with Gasteiger partial charge in [0.05, 0.1) is 18.7 Å². The molecule has 0 fully saturated rings. The quantitative estimate of drug-likeness (QED) is 0.530. The molecule has 1 aliphatic rings. The van der Waals surface area contributed by atoms with E-state index in [2.05, 4.69) is 5.32 Å². The van der Waals surface area contributed by atoms with Gasteiger partial charge in [0.15, 0.2) is 0 Å². The molecule has 2 aromatic carbocycles. The maximum Gasteiger partial charge on any atom is 0.336 e. The number of nitrogens with zero attached hydrogens (tertiary/aromatic N) is 2. The van der Waals surface area contributed by atoms with Crippen molar-refractivity contribution >= 4 is 29.4 Å². The van der Waals surface area contributed by atoms with Gasteiger partial charge in [-0.25, -0.2) is 4.79 Å². The summed E-state index contributed by atoms with van der Waals surface area (Å²) in [7, 11) is 3.89. The smallest absolute Gasteiger partial charge is 0.336 e. The molecule has 0 aromatic heterocycles. The Labute approximate surface area is 211 Å². The number of carbonyl (C=O) groups excluding carboxylic acids is 3. The van der Waals surface area contributed by atoms with E-state index in [-0.39, 0.29) is 31.4 Å². The van der Waals surface area contributed by atoms with Gasteiger partial charge < -0.3 is 19.9 Å². The average Bonchev–Trinajstić information content (AvgIpc) is 2.81. The number of hydrogen-bond acceptors (Lipinski definition) is 5. The average molecular weight is 498 g/mol. The van der Waals surface area contributed by atoms with Crippen LogP contribution in [0.4, 0.5) is 0 Å². The first-order chi connectivity index (χ1) is 16.7. The molecule has 0 bridgehead atoms. The van der Waals surface area contributed by atoms with Crippen molar-refractivity contribution in [1.29, 1.82) is 0 Å². The zero-order chi connectivity index (χ0) is 25.5. The molecule has 1 unspecified atom stereocenters. The second kappa shape index (κ2) is 12.0. The lowest BCUT2D eigenvalue weighted by atomic mass is 9.83. The Morgan fingerprint density at radius 3 is 2.60 bits per heavy atom. The topological polar surface area (TPSA) is 79.0 Å². The molecular weight excluding hydrogens is 466 g/mol. The fourth-order valence-electron chi connectivity index (χ4n) is 4.19. The Hall–Kier alpha value is -3.16. The molecule has 1 atom stereocenters. The van der Waals surface area contributed by atoms with E-state index in [4.69, 9.17) is 16.3 Å². The molecule has 2 aromatic rings. The van der Waals surface area contributed by atoms with Gasteiger partial charge in [0.2, 0.25) is 5.91 Å². The molecule has 35 heavy (non-hydrogen) atoms. The van der Waals surface area contributed by atoms with E-state index in [1.807, 2.05) is 43.3 Å². The molecule has 0 radical (unpaired) electrons. The normalized spacial score (nSPS) is 16.0. The molecule has 1 N–H and O–H groups in total. The lowest BCUT2D eigenvalue weighted by Crippen LogP contribution is -2.38. The molecule has 1 heterocycles. The minimum absolute atomic E-state index is 0.0972. The SMILES string of the molecule is CCOC(=O)C1=C(C)N(Cc2cccc(C(=O)NCCN(C)C)c2)C(=O)CC1c1ccccc1Cl. The van der Waals surface area contributed by atoms with Crippen LogP contribution in [0.25, 0.3) is 0 Å². The van der Waals surface area contributed by atoms with Crippen LogP contribution in [0.15, 0.2) is 59.8 Å². The third-order valence-electron chi connectivity index (χ3n) is 5.97. The van der Waals surface area contributed by atoms with Crippen molar-refractivity contribution in [1.82, 2.24) is 15.1 Å². The van der Waals surface area contributed by atoms with E-state index >= 15 is 0 Å². The summed E-state index contributed by atoms with van der Waals surface area (Å²) < 4.78 is 5.35. The summed E-state index contributed by atoms with van der Waals surface area (Å²) in [5.41, 5.74) is 2.99. The number of halogens is 1. The molecular formula is C27H32ClN3O4. The summed E-state index contributed by atoms with van der Waals surface area (Å²) in [5.74, 6) is -1.24. The fourth-order valence-corrected chi connectivity index (χ4v) is 4.46. The van der Waals surface area contributed by atoms with Crippen molar-refractivity contribution < 1.29 is 19.1 Å². The van der Waals surface area contributed by atoms with Crippen LogP contribution in [0.1, 0.15) is 47.7 Å². The van der Waals surface area contributed by atoms with Crippen LogP contribution in [0.3, 0.4) is 0 Å². The minimum atomic E-state index is -0.486. The fraction of sp³-hybridized carbons (Fsp3) is 0.370. The van der Waals surface area contributed by atoms with Crippen molar-refractivity contribution in [2.24, 2.45) is 0 Å². The highest BCUT2D eigenvalue weighted by Gasteiger charge is 2.37. The van der Waals surface area contributed by atoms with Crippen molar-refractivity contribution in [3.8, 4) is 0 Å². The maximum atomic E-state index is 13.3. The Morgan fingerprint density at radius 2 is 1.91 bits per heavy atom. The van der Waals surface area contributed by atoms with Gasteiger partial charge >= 0.3 is 5.97 Å². The van der Waals surface area contributed by atoms with Crippen LogP contribution in [-0.4, -0.2) is 61.4 Å². The van der Waals surface area contributed by atoms with Gasteiger partial charge in [0.25, 0.3) is 5.91 Å². The van der Waals surface area contributed by atoms with E-state index in [1.54, 1.807) is 43.0 Å². The Morgan fingerprint density at radius 1 is 1.17 bits per heavy atom. The second-order valence-corrected chi connectivity index (χ2v) is 9.14. The molecule has 8 heteroatoms. The summed E-state index contributed by atoms with van der Waals surface area (Å²) in [4.78, 5) is 42.4. The number of esters is 1. The van der Waals surface area contributed by atoms with Gasteiger partial charge in [0.1, 0.15) is 0 Å². The number of allylic oxidation sites excluding steroid dienone is 1. The van der Waals surface area contributed by atoms with Crippen LogP contribution in [-0.2, 0) is 20.9 Å². The van der Waals surface area contributed by atoms with Crippen LogP contribution in [0.5, 0.6) is 0 Å². The molecule has 0 saturated heterocycles. The lowest BCUT2D eigenvalue weighted by molar-refractivity contribution is -0.140. The van der Waals surface area contributed by atoms with Crippen molar-refractivity contribution in [2.75, 3.05) is 33.8 Å². The third kappa shape index (κ3) is 6.50. The van der Waals surface area contributed by atoms with E-state index in [1.165, 1.54) is 0 Å². The second-order valence-electron chi connectivity index (χ2n) is 8.74. The highest BCUT2D eigenvalue weighted by atomic mass is 35.5. The van der Waals surface area contributed by atoms with Crippen LogP contribution in [0, 0.1) is 0 Å². The van der Waals surface area contributed by atoms with Gasteiger partial charge in [-0.2, -0.15) is 0 Å². The van der Waals surface area contributed by atoms with Gasteiger partial charge in [0, 0.05) is 41.7 Å². The lowest BCUT2D eigenvalue weighted by Gasteiger charge is -2.35. The van der Waals surface area contributed by atoms with Crippen LogP contribution < -0.4 is 5.32 Å². The van der Waals surface area contributed by atoms with Gasteiger partial charge in [-0.15, -0.1) is 0 Å². The standard InChI is InChI=1S/C27H32ClN3O4/c1-5-35-27(34)25-18(2)31(24(32)16-22(25)21-11-6-7-12-23(21)28)17-19-9-8-10-20(15-19)26(33)29-13-14-30(3)4/h6-12,15,22H,5,13-14,16-17H2,1-4H3,(H,29,33). The minimum Gasteiger partial charge on any atom is -0.463 e. The van der Waals surface area contributed by atoms with Crippen molar-refractivity contribution in [3.05, 3.63) is 81.5 Å². The summed E-state index contributed by atoms with van der Waals surface area (Å²) in [6.07, 6.45) is 0.0972. The Kier molecular flexibility index (Phi) is 9.07. The maximum absolute atomic E-state index is 13.3. The monoisotopic (exact) mass is 497 g/mol. The van der Waals surface area contributed by atoms with E-state index in [0.29, 0.717) is 28.4 Å². The highest BCUT2D eigenvalue weighted by molar-refractivity contribution is 6.31. The van der Waals surface area contributed by atoms with Gasteiger partial charge in [-0.3, -0.25) is 9.59 Å². The van der Waals surface area contributed by atoms with Crippen molar-refractivity contribution in [3.63, 3.8) is 0 Å². The number of likely N-dealkylation sites (N-methyl/N-ethyl adjacent to an activating group) is 1. The Bertz CT molecular complexity index is 1130. The molecule has 0 aliphatic carbocycles. The number of benzene rings is 2. The van der Waals surface area contributed by atoms with Crippen LogP contribution >= 0.6 is 11.6 Å². The number of nitrogens with one attached hydrogen (secondary N) is 1. The van der Waals surface area contributed by atoms with E-state index in [9.17, 15) is 14.4 Å². The molecule has 0 saturated carbocycles. The van der Waals surface area contributed by atoms with Gasteiger partial charge in [-0.05, 0) is 57.3 Å². The summed E-state index contributed by atoms with van der Waals surface area (Å²) in [6, 6.07) is 14.4. The van der Waals surface area contributed by atoms with Crippen LogP contribution in [0.2, 0.25) is 5.02 Å². The van der Waals surface area contributed by atoms with E-state index in [0.717, 1.165) is 17.7 Å². The Balaban J connectivity index is 1.90. The molecule has 186 valence electrons. The molecule has 1 aliphatic heterocycles. The first-order valence-electron chi connectivity index (χ1n) is 11.7. The summed E-state index contributed by atoms with van der Waals surface area (Å²) in [6.45, 7) is 5.24. The highest BCUT2D eigenvalue weighted by Crippen LogP contribution is 2.40. The third-order valence-corrected chi connectivity index (χ3v) is 6.32. The number of amides is 2.